The van der Waals surface area contributed by atoms with E-state index in [1.807, 2.05) is 4.90 Å². The molecule has 0 aromatic rings. The first-order valence-electron chi connectivity index (χ1n) is 7.66. The van der Waals surface area contributed by atoms with E-state index >= 15 is 0 Å². The largest absolute Gasteiger partial charge is 0.481 e. The molecule has 6 heteroatoms. The number of carbonyl (C=O) groups is 2. The lowest BCUT2D eigenvalue weighted by molar-refractivity contribution is -0.141. The van der Waals surface area contributed by atoms with Gasteiger partial charge in [-0.3, -0.25) is 9.69 Å². The minimum Gasteiger partial charge on any atom is -0.481 e. The van der Waals surface area contributed by atoms with Gasteiger partial charge in [0.05, 0.1) is 5.92 Å². The van der Waals surface area contributed by atoms with Crippen molar-refractivity contribution in [3.8, 4) is 0 Å². The van der Waals surface area contributed by atoms with Crippen LogP contribution in [0.1, 0.15) is 25.7 Å². The van der Waals surface area contributed by atoms with Crippen molar-refractivity contribution >= 4 is 12.0 Å². The van der Waals surface area contributed by atoms with Gasteiger partial charge in [-0.25, -0.2) is 4.79 Å². The molecule has 112 valence electrons. The van der Waals surface area contributed by atoms with Crippen LogP contribution >= 0.6 is 0 Å². The normalized spacial score (nSPS) is 31.2. The minimum atomic E-state index is -0.780. The van der Waals surface area contributed by atoms with Gasteiger partial charge in [-0.2, -0.15) is 0 Å². The summed E-state index contributed by atoms with van der Waals surface area (Å²) in [7, 11) is 0. The van der Waals surface area contributed by atoms with Gasteiger partial charge >= 0.3 is 12.0 Å². The SMILES string of the molecule is O=C(O)C1CCN(C(=O)N2CCN3CCCCC3C2)C1. The van der Waals surface area contributed by atoms with Crippen LogP contribution in [0.15, 0.2) is 0 Å². The number of rotatable bonds is 1. The molecule has 6 nitrogen and oxygen atoms in total. The monoisotopic (exact) mass is 281 g/mol. The summed E-state index contributed by atoms with van der Waals surface area (Å²) in [5.41, 5.74) is 0. The zero-order valence-corrected chi connectivity index (χ0v) is 11.8. The molecule has 3 saturated heterocycles. The maximum atomic E-state index is 12.5. The second-order valence-electron chi connectivity index (χ2n) is 6.18. The molecule has 20 heavy (non-hydrogen) atoms. The molecule has 2 unspecified atom stereocenters. The molecule has 2 atom stereocenters. The van der Waals surface area contributed by atoms with Crippen LogP contribution < -0.4 is 0 Å². The predicted molar refractivity (Wildman–Crippen MR) is 73.5 cm³/mol. The standard InChI is InChI=1S/C14H23N3O3/c18-13(19)11-4-6-16(9-11)14(20)17-8-7-15-5-2-1-3-12(15)10-17/h11-12H,1-10H2,(H,18,19). The zero-order valence-electron chi connectivity index (χ0n) is 11.8. The smallest absolute Gasteiger partial charge is 0.320 e. The van der Waals surface area contributed by atoms with Gasteiger partial charge < -0.3 is 14.9 Å². The summed E-state index contributed by atoms with van der Waals surface area (Å²) in [6.07, 6.45) is 4.30. The molecule has 0 aliphatic carbocycles. The molecule has 0 aromatic carbocycles. The minimum absolute atomic E-state index is 0.0407. The molecule has 3 fully saturated rings. The highest BCUT2D eigenvalue weighted by Crippen LogP contribution is 2.23. The van der Waals surface area contributed by atoms with E-state index in [9.17, 15) is 9.59 Å². The van der Waals surface area contributed by atoms with Crippen LogP contribution in [-0.2, 0) is 4.79 Å². The van der Waals surface area contributed by atoms with Gasteiger partial charge in [0.25, 0.3) is 0 Å². The van der Waals surface area contributed by atoms with Crippen LogP contribution in [0.4, 0.5) is 4.79 Å². The van der Waals surface area contributed by atoms with E-state index in [2.05, 4.69) is 4.90 Å². The second-order valence-corrected chi connectivity index (χ2v) is 6.18. The third kappa shape index (κ3) is 2.61. The van der Waals surface area contributed by atoms with Gasteiger partial charge in [0.15, 0.2) is 0 Å². The first-order chi connectivity index (χ1) is 9.65. The first-order valence-corrected chi connectivity index (χ1v) is 7.66. The Labute approximate surface area is 119 Å². The molecule has 1 N–H and O–H groups in total. The summed E-state index contributed by atoms with van der Waals surface area (Å²) >= 11 is 0. The van der Waals surface area contributed by atoms with E-state index in [4.69, 9.17) is 5.11 Å². The molecule has 3 rings (SSSR count). The number of urea groups is 1. The fraction of sp³-hybridized carbons (Fsp3) is 0.857. The number of fused-ring (bicyclic) bond motifs is 1. The summed E-state index contributed by atoms with van der Waals surface area (Å²) in [4.78, 5) is 29.6. The van der Waals surface area contributed by atoms with Crippen LogP contribution in [-0.4, -0.2) is 77.1 Å². The molecular weight excluding hydrogens is 258 g/mol. The molecule has 3 heterocycles. The molecule has 3 aliphatic rings. The van der Waals surface area contributed by atoms with E-state index < -0.39 is 5.97 Å². The Balaban J connectivity index is 1.57. The number of aliphatic carboxylic acids is 1. The number of carbonyl (C=O) groups excluding carboxylic acids is 1. The zero-order chi connectivity index (χ0) is 14.1. The summed E-state index contributed by atoms with van der Waals surface area (Å²) in [5.74, 6) is -1.16. The lowest BCUT2D eigenvalue weighted by atomic mass is 10.00. The highest BCUT2D eigenvalue weighted by molar-refractivity contribution is 5.77. The molecule has 0 spiro atoms. The van der Waals surface area contributed by atoms with E-state index in [0.717, 1.165) is 26.2 Å². The maximum Gasteiger partial charge on any atom is 0.320 e. The third-order valence-electron chi connectivity index (χ3n) is 4.92. The average molecular weight is 281 g/mol. The fourth-order valence-corrected chi connectivity index (χ4v) is 3.67. The summed E-state index contributed by atoms with van der Waals surface area (Å²) in [5, 5.41) is 9.02. The van der Waals surface area contributed by atoms with Crippen molar-refractivity contribution in [2.45, 2.75) is 31.7 Å². The number of hydrogen-bond donors (Lipinski definition) is 1. The quantitative estimate of drug-likeness (QED) is 0.768. The Bertz CT molecular complexity index is 401. The number of carboxylic acid groups (broad SMARTS) is 1. The Kier molecular flexibility index (Phi) is 3.83. The van der Waals surface area contributed by atoms with Crippen molar-refractivity contribution in [3.63, 3.8) is 0 Å². The first kappa shape index (κ1) is 13.7. The molecule has 0 saturated carbocycles. The number of hydrogen-bond acceptors (Lipinski definition) is 3. The molecule has 0 aromatic heterocycles. The van der Waals surface area contributed by atoms with Crippen molar-refractivity contribution in [3.05, 3.63) is 0 Å². The highest BCUT2D eigenvalue weighted by Gasteiger charge is 2.36. The number of nitrogens with zero attached hydrogens (tertiary/aromatic N) is 3. The van der Waals surface area contributed by atoms with Crippen LogP contribution in [0, 0.1) is 5.92 Å². The van der Waals surface area contributed by atoms with E-state index in [1.54, 1.807) is 4.90 Å². The molecule has 0 bridgehead atoms. The van der Waals surface area contributed by atoms with Gasteiger partial charge in [0, 0.05) is 38.8 Å². The Hall–Kier alpha value is -1.30. The Morgan fingerprint density at radius 1 is 0.900 bits per heavy atom. The van der Waals surface area contributed by atoms with Gasteiger partial charge in [0.2, 0.25) is 0 Å². The van der Waals surface area contributed by atoms with E-state index in [1.165, 1.54) is 19.3 Å². The van der Waals surface area contributed by atoms with E-state index in [0.29, 0.717) is 25.6 Å². The summed E-state index contributed by atoms with van der Waals surface area (Å²) in [6, 6.07) is 0.554. The van der Waals surface area contributed by atoms with Gasteiger partial charge in [-0.1, -0.05) is 6.42 Å². The molecule has 3 aliphatic heterocycles. The Morgan fingerprint density at radius 3 is 2.45 bits per heavy atom. The lowest BCUT2D eigenvalue weighted by Gasteiger charge is -2.44. The van der Waals surface area contributed by atoms with Crippen molar-refractivity contribution in [2.24, 2.45) is 5.92 Å². The van der Waals surface area contributed by atoms with Gasteiger partial charge in [-0.15, -0.1) is 0 Å². The number of piperazine rings is 1. The van der Waals surface area contributed by atoms with E-state index in [-0.39, 0.29) is 11.9 Å². The number of piperidine rings is 1. The van der Waals surface area contributed by atoms with Gasteiger partial charge in [0.1, 0.15) is 0 Å². The maximum absolute atomic E-state index is 12.5. The van der Waals surface area contributed by atoms with Crippen molar-refractivity contribution in [2.75, 3.05) is 39.3 Å². The number of likely N-dealkylation sites (tertiary alicyclic amines) is 1. The Morgan fingerprint density at radius 2 is 1.70 bits per heavy atom. The lowest BCUT2D eigenvalue weighted by Crippen LogP contribution is -2.58. The second kappa shape index (κ2) is 5.60. The third-order valence-corrected chi connectivity index (χ3v) is 4.92. The number of amides is 2. The predicted octanol–water partition coefficient (Wildman–Crippen LogP) is 0.683. The molecule has 0 radical (unpaired) electrons. The number of carboxylic acids is 1. The average Bonchev–Trinajstić information content (AvgIpc) is 2.96. The van der Waals surface area contributed by atoms with Crippen LogP contribution in [0.25, 0.3) is 0 Å². The molecular formula is C14H23N3O3. The van der Waals surface area contributed by atoms with Crippen LogP contribution in [0.5, 0.6) is 0 Å². The summed E-state index contributed by atoms with van der Waals surface area (Å²) in [6.45, 7) is 4.68. The van der Waals surface area contributed by atoms with Crippen molar-refractivity contribution < 1.29 is 14.7 Å². The summed E-state index contributed by atoms with van der Waals surface area (Å²) < 4.78 is 0. The fourth-order valence-electron chi connectivity index (χ4n) is 3.67. The van der Waals surface area contributed by atoms with Crippen LogP contribution in [0.2, 0.25) is 0 Å². The van der Waals surface area contributed by atoms with Crippen molar-refractivity contribution in [1.29, 1.82) is 0 Å². The van der Waals surface area contributed by atoms with Crippen molar-refractivity contribution in [1.82, 2.24) is 14.7 Å². The van der Waals surface area contributed by atoms with Crippen LogP contribution in [0.3, 0.4) is 0 Å². The highest BCUT2D eigenvalue weighted by atomic mass is 16.4. The molecule has 2 amide bonds. The van der Waals surface area contributed by atoms with Gasteiger partial charge in [-0.05, 0) is 25.8 Å². The topological polar surface area (TPSA) is 64.1 Å².